The molecule has 7 nitrogen and oxygen atoms in total. The molecule has 0 saturated heterocycles. The lowest BCUT2D eigenvalue weighted by Gasteiger charge is -2.44. The maximum absolute atomic E-state index is 12.4. The van der Waals surface area contributed by atoms with Crippen LogP contribution in [-0.2, 0) is 5.60 Å². The molecule has 0 bridgehead atoms. The van der Waals surface area contributed by atoms with Crippen LogP contribution < -0.4 is 0 Å². The summed E-state index contributed by atoms with van der Waals surface area (Å²) in [6, 6.07) is 23.1. The molecule has 0 amide bonds. The molecule has 7 heteroatoms. The van der Waals surface area contributed by atoms with Gasteiger partial charge in [-0.25, -0.2) is 0 Å². The van der Waals surface area contributed by atoms with E-state index in [2.05, 4.69) is 0 Å². The summed E-state index contributed by atoms with van der Waals surface area (Å²) in [4.78, 5) is 23.7. The Labute approximate surface area is 179 Å². The van der Waals surface area contributed by atoms with Crippen molar-refractivity contribution in [3.63, 3.8) is 0 Å². The second kappa shape index (κ2) is 8.28. The average Bonchev–Trinajstić information content (AvgIpc) is 2.79. The predicted octanol–water partition coefficient (Wildman–Crippen LogP) is 4.14. The highest BCUT2D eigenvalue weighted by atomic mass is 16.6. The topological polar surface area (TPSA) is 107 Å². The van der Waals surface area contributed by atoms with E-state index in [4.69, 9.17) is 0 Å². The minimum atomic E-state index is -1.88. The molecule has 1 fully saturated rings. The van der Waals surface area contributed by atoms with Crippen LogP contribution in [0, 0.1) is 20.2 Å². The number of nitrogens with zero attached hydrogens (tertiary/aromatic N) is 2. The normalized spacial score (nSPS) is 28.0. The first-order chi connectivity index (χ1) is 14.9. The molecule has 1 aliphatic carbocycles. The van der Waals surface area contributed by atoms with Crippen LogP contribution in [0.3, 0.4) is 0 Å². The highest BCUT2D eigenvalue weighted by Gasteiger charge is 2.64. The molecule has 1 aliphatic rings. The third-order valence-electron chi connectivity index (χ3n) is 6.30. The Morgan fingerprint density at radius 1 is 0.742 bits per heavy atom. The lowest BCUT2D eigenvalue weighted by atomic mass is 9.60. The van der Waals surface area contributed by atoms with Crippen LogP contribution in [0.2, 0.25) is 0 Å². The molecular weight excluding hydrogens is 396 g/mol. The number of rotatable bonds is 5. The molecule has 158 valence electrons. The maximum atomic E-state index is 12.4. The first kappa shape index (κ1) is 20.7. The first-order valence-electron chi connectivity index (χ1n) is 10.1. The standard InChI is InChI=1S/C24H22N2O5/c27-24(19-14-8-3-9-15-19)16-20(17-10-4-1-5-11-17)22(25(28)29)21(23(24)26(30)31)18-12-6-2-7-13-18/h1-15,20-23,27H,16H2. The van der Waals surface area contributed by atoms with E-state index >= 15 is 0 Å². The van der Waals surface area contributed by atoms with Gasteiger partial charge in [0.25, 0.3) is 6.04 Å². The number of aliphatic hydroxyl groups is 1. The minimum Gasteiger partial charge on any atom is -0.378 e. The van der Waals surface area contributed by atoms with E-state index in [9.17, 15) is 25.3 Å². The van der Waals surface area contributed by atoms with Crippen molar-refractivity contribution in [2.75, 3.05) is 0 Å². The van der Waals surface area contributed by atoms with E-state index in [1.807, 2.05) is 6.07 Å². The van der Waals surface area contributed by atoms with Crippen molar-refractivity contribution in [2.24, 2.45) is 0 Å². The number of hydrogen-bond acceptors (Lipinski definition) is 5. The van der Waals surface area contributed by atoms with Crippen LogP contribution in [0.15, 0.2) is 91.0 Å². The summed E-state index contributed by atoms with van der Waals surface area (Å²) in [6.07, 6.45) is -0.123. The summed E-state index contributed by atoms with van der Waals surface area (Å²) < 4.78 is 0. The third kappa shape index (κ3) is 3.68. The molecule has 3 aromatic carbocycles. The van der Waals surface area contributed by atoms with Crippen molar-refractivity contribution in [3.8, 4) is 0 Å². The number of hydrogen-bond donors (Lipinski definition) is 1. The van der Waals surface area contributed by atoms with E-state index < -0.39 is 39.4 Å². The molecule has 3 aromatic rings. The smallest absolute Gasteiger partial charge is 0.258 e. The van der Waals surface area contributed by atoms with Crippen molar-refractivity contribution in [3.05, 3.63) is 128 Å². The van der Waals surface area contributed by atoms with Gasteiger partial charge in [0.1, 0.15) is 5.92 Å². The van der Waals surface area contributed by atoms with Crippen molar-refractivity contribution in [1.29, 1.82) is 0 Å². The zero-order chi connectivity index (χ0) is 22.0. The van der Waals surface area contributed by atoms with Gasteiger partial charge >= 0.3 is 0 Å². The van der Waals surface area contributed by atoms with Gasteiger partial charge in [-0.2, -0.15) is 0 Å². The molecule has 1 N–H and O–H groups in total. The molecule has 5 atom stereocenters. The molecule has 5 unspecified atom stereocenters. The Bertz CT molecular complexity index is 1060. The molecule has 0 spiro atoms. The van der Waals surface area contributed by atoms with E-state index in [-0.39, 0.29) is 6.42 Å². The summed E-state index contributed by atoms with van der Waals surface area (Å²) in [5, 5.41) is 36.6. The van der Waals surface area contributed by atoms with Gasteiger partial charge in [0.2, 0.25) is 6.04 Å². The molecular formula is C24H22N2O5. The lowest BCUT2D eigenvalue weighted by Crippen LogP contribution is -2.59. The Morgan fingerprint density at radius 3 is 1.71 bits per heavy atom. The molecule has 1 saturated carbocycles. The summed E-state index contributed by atoms with van der Waals surface area (Å²) in [6.45, 7) is 0. The van der Waals surface area contributed by atoms with Gasteiger partial charge < -0.3 is 5.11 Å². The summed E-state index contributed by atoms with van der Waals surface area (Å²) in [5.74, 6) is -1.82. The molecule has 0 aromatic heterocycles. The second-order valence-electron chi connectivity index (χ2n) is 7.95. The van der Waals surface area contributed by atoms with Crippen LogP contribution in [0.4, 0.5) is 0 Å². The zero-order valence-electron chi connectivity index (χ0n) is 16.7. The fraction of sp³-hybridized carbons (Fsp3) is 0.250. The molecule has 0 aliphatic heterocycles. The average molecular weight is 418 g/mol. The highest BCUT2D eigenvalue weighted by molar-refractivity contribution is 5.36. The first-order valence-corrected chi connectivity index (χ1v) is 10.1. The summed E-state index contributed by atoms with van der Waals surface area (Å²) in [5.41, 5.74) is -0.333. The van der Waals surface area contributed by atoms with Crippen LogP contribution in [0.1, 0.15) is 34.9 Å². The van der Waals surface area contributed by atoms with Gasteiger partial charge in [-0.15, -0.1) is 0 Å². The quantitative estimate of drug-likeness (QED) is 0.495. The van der Waals surface area contributed by atoms with Crippen molar-refractivity contribution < 1.29 is 15.0 Å². The maximum Gasteiger partial charge on any atom is 0.258 e. The van der Waals surface area contributed by atoms with Gasteiger partial charge in [-0.1, -0.05) is 91.0 Å². The van der Waals surface area contributed by atoms with Gasteiger partial charge in [0, 0.05) is 16.3 Å². The van der Waals surface area contributed by atoms with Crippen LogP contribution >= 0.6 is 0 Å². The van der Waals surface area contributed by atoms with Crippen molar-refractivity contribution in [1.82, 2.24) is 0 Å². The summed E-state index contributed by atoms with van der Waals surface area (Å²) >= 11 is 0. The van der Waals surface area contributed by atoms with E-state index in [0.717, 1.165) is 0 Å². The SMILES string of the molecule is O=[N+]([O-])C1C(c2ccccc2)CC(O)(c2ccccc2)C([N+](=O)[O-])C1c1ccccc1. The fourth-order valence-corrected chi connectivity index (χ4v) is 4.98. The van der Waals surface area contributed by atoms with Crippen molar-refractivity contribution in [2.45, 2.75) is 35.9 Å². The number of nitro groups is 2. The van der Waals surface area contributed by atoms with Gasteiger partial charge in [-0.05, 0) is 16.7 Å². The minimum absolute atomic E-state index is 0.123. The molecule has 0 heterocycles. The molecule has 4 rings (SSSR count). The van der Waals surface area contributed by atoms with Crippen molar-refractivity contribution >= 4 is 0 Å². The largest absolute Gasteiger partial charge is 0.378 e. The summed E-state index contributed by atoms with van der Waals surface area (Å²) in [7, 11) is 0. The molecule has 31 heavy (non-hydrogen) atoms. The fourth-order valence-electron chi connectivity index (χ4n) is 4.98. The number of benzene rings is 3. The Hall–Kier alpha value is -3.58. The van der Waals surface area contributed by atoms with E-state index in [1.165, 1.54) is 0 Å². The van der Waals surface area contributed by atoms with Gasteiger partial charge in [-0.3, -0.25) is 20.2 Å². The Kier molecular flexibility index (Phi) is 5.52. The highest BCUT2D eigenvalue weighted by Crippen LogP contribution is 2.52. The lowest BCUT2D eigenvalue weighted by molar-refractivity contribution is -0.595. The zero-order valence-corrected chi connectivity index (χ0v) is 16.7. The second-order valence-corrected chi connectivity index (χ2v) is 7.95. The van der Waals surface area contributed by atoms with E-state index in [0.29, 0.717) is 16.7 Å². The van der Waals surface area contributed by atoms with Gasteiger partial charge in [0.05, 0.1) is 5.92 Å². The van der Waals surface area contributed by atoms with Gasteiger partial charge in [0.15, 0.2) is 5.60 Å². The Morgan fingerprint density at radius 2 is 1.23 bits per heavy atom. The third-order valence-corrected chi connectivity index (χ3v) is 6.30. The van der Waals surface area contributed by atoms with E-state index in [1.54, 1.807) is 84.9 Å². The monoisotopic (exact) mass is 418 g/mol. The predicted molar refractivity (Wildman–Crippen MR) is 115 cm³/mol. The van der Waals surface area contributed by atoms with Crippen LogP contribution in [0.5, 0.6) is 0 Å². The van der Waals surface area contributed by atoms with Crippen LogP contribution in [-0.4, -0.2) is 27.0 Å². The Balaban J connectivity index is 1.98. The van der Waals surface area contributed by atoms with Crippen LogP contribution in [0.25, 0.3) is 0 Å². The molecule has 0 radical (unpaired) electrons.